The molecule has 2 N–H and O–H groups in total. The molecule has 0 fully saturated rings. The van der Waals surface area contributed by atoms with E-state index in [9.17, 15) is 0 Å². The van der Waals surface area contributed by atoms with E-state index in [0.29, 0.717) is 0 Å². The van der Waals surface area contributed by atoms with Gasteiger partial charge >= 0.3 is 0 Å². The fourth-order valence-electron chi connectivity index (χ4n) is 1.78. The van der Waals surface area contributed by atoms with Gasteiger partial charge in [-0.3, -0.25) is 0 Å². The zero-order valence-electron chi connectivity index (χ0n) is 10.4. The van der Waals surface area contributed by atoms with E-state index in [1.54, 1.807) is 0 Å². The van der Waals surface area contributed by atoms with Gasteiger partial charge in [-0.1, -0.05) is 20.8 Å². The van der Waals surface area contributed by atoms with E-state index in [-0.39, 0.29) is 11.5 Å². The Morgan fingerprint density at radius 1 is 1.38 bits per heavy atom. The van der Waals surface area contributed by atoms with Crippen molar-refractivity contribution in [2.24, 2.45) is 11.1 Å². The molecule has 1 atom stereocenters. The number of aryl methyl sites for hydroxylation is 1. The fraction of sp³-hybridized carbons (Fsp3) is 0.462. The highest BCUT2D eigenvalue weighted by Gasteiger charge is 2.24. The first-order valence-electron chi connectivity index (χ1n) is 5.59. The first-order valence-corrected chi connectivity index (χ1v) is 5.59. The molecular weight excluding hydrogens is 198 g/mol. The molecule has 2 heterocycles. The van der Waals surface area contributed by atoms with Crippen molar-refractivity contribution in [3.05, 3.63) is 35.8 Å². The number of hydrogen-bond donors (Lipinski definition) is 1. The summed E-state index contributed by atoms with van der Waals surface area (Å²) in [5, 5.41) is 0. The number of fused-ring (bicyclic) bond motifs is 1. The van der Waals surface area contributed by atoms with E-state index < -0.39 is 0 Å². The first-order chi connectivity index (χ1) is 7.39. The van der Waals surface area contributed by atoms with Crippen molar-refractivity contribution in [3.8, 4) is 0 Å². The molecule has 0 aromatic carbocycles. The molecule has 2 aromatic heterocycles. The molecule has 2 aromatic rings. The summed E-state index contributed by atoms with van der Waals surface area (Å²) in [4.78, 5) is 4.40. The summed E-state index contributed by atoms with van der Waals surface area (Å²) in [6, 6.07) is 4.14. The van der Waals surface area contributed by atoms with Gasteiger partial charge in [-0.15, -0.1) is 0 Å². The Labute approximate surface area is 96.3 Å². The Kier molecular flexibility index (Phi) is 2.50. The quantitative estimate of drug-likeness (QED) is 0.798. The maximum absolute atomic E-state index is 6.26. The van der Waals surface area contributed by atoms with Gasteiger partial charge in [0.1, 0.15) is 5.65 Å². The highest BCUT2D eigenvalue weighted by atomic mass is 15.0. The molecule has 3 nitrogen and oxygen atoms in total. The molecule has 0 radical (unpaired) electrons. The Morgan fingerprint density at radius 2 is 2.06 bits per heavy atom. The van der Waals surface area contributed by atoms with Gasteiger partial charge in [-0.2, -0.15) is 0 Å². The number of hydrogen-bond acceptors (Lipinski definition) is 2. The lowest BCUT2D eigenvalue weighted by Crippen LogP contribution is -2.27. The van der Waals surface area contributed by atoms with Crippen LogP contribution in [0.1, 0.15) is 38.1 Å². The van der Waals surface area contributed by atoms with Gasteiger partial charge in [0, 0.05) is 6.20 Å². The number of pyridine rings is 1. The van der Waals surface area contributed by atoms with E-state index >= 15 is 0 Å². The van der Waals surface area contributed by atoms with E-state index in [1.165, 1.54) is 5.56 Å². The second kappa shape index (κ2) is 3.59. The molecule has 0 saturated heterocycles. The van der Waals surface area contributed by atoms with Crippen LogP contribution in [-0.4, -0.2) is 9.38 Å². The van der Waals surface area contributed by atoms with Crippen molar-refractivity contribution in [2.75, 3.05) is 0 Å². The fourth-order valence-corrected chi connectivity index (χ4v) is 1.78. The Morgan fingerprint density at radius 3 is 2.69 bits per heavy atom. The molecule has 1 unspecified atom stereocenters. The topological polar surface area (TPSA) is 43.3 Å². The van der Waals surface area contributed by atoms with Crippen LogP contribution in [0.2, 0.25) is 0 Å². The van der Waals surface area contributed by atoms with E-state index in [1.807, 2.05) is 12.4 Å². The van der Waals surface area contributed by atoms with Crippen LogP contribution in [-0.2, 0) is 0 Å². The van der Waals surface area contributed by atoms with Gasteiger partial charge in [0.25, 0.3) is 0 Å². The standard InChI is InChI=1S/C13H19N3/c1-9-5-6-16-10(8-15-11(16)7-9)12(14)13(2,3)4/h5-8,12H,14H2,1-4H3. The molecule has 2 rings (SSSR count). The number of nitrogens with two attached hydrogens (primary N) is 1. The minimum absolute atomic E-state index is 0.00907. The largest absolute Gasteiger partial charge is 0.322 e. The van der Waals surface area contributed by atoms with Crippen LogP contribution in [0.4, 0.5) is 0 Å². The van der Waals surface area contributed by atoms with Crippen molar-refractivity contribution in [1.29, 1.82) is 0 Å². The second-order valence-electron chi connectivity index (χ2n) is 5.46. The summed E-state index contributed by atoms with van der Waals surface area (Å²) in [7, 11) is 0. The van der Waals surface area contributed by atoms with E-state index in [2.05, 4.69) is 49.2 Å². The Bertz CT molecular complexity index is 505. The molecule has 0 aliphatic carbocycles. The van der Waals surface area contributed by atoms with E-state index in [0.717, 1.165) is 11.3 Å². The molecule has 0 bridgehead atoms. The number of aromatic nitrogens is 2. The van der Waals surface area contributed by atoms with Crippen molar-refractivity contribution >= 4 is 5.65 Å². The second-order valence-corrected chi connectivity index (χ2v) is 5.46. The zero-order chi connectivity index (χ0) is 11.9. The van der Waals surface area contributed by atoms with Crippen LogP contribution < -0.4 is 5.73 Å². The third kappa shape index (κ3) is 1.83. The molecule has 16 heavy (non-hydrogen) atoms. The Balaban J connectivity index is 2.54. The van der Waals surface area contributed by atoms with Crippen LogP contribution in [0.3, 0.4) is 0 Å². The summed E-state index contributed by atoms with van der Waals surface area (Å²) in [6.45, 7) is 8.50. The average molecular weight is 217 g/mol. The van der Waals surface area contributed by atoms with Gasteiger partial charge in [0.05, 0.1) is 17.9 Å². The predicted molar refractivity (Wildman–Crippen MR) is 66.3 cm³/mol. The maximum atomic E-state index is 6.26. The first kappa shape index (κ1) is 11.1. The van der Waals surface area contributed by atoms with Gasteiger partial charge in [-0.05, 0) is 30.0 Å². The van der Waals surface area contributed by atoms with Crippen LogP contribution in [0, 0.1) is 12.3 Å². The molecule has 0 aliphatic rings. The van der Waals surface area contributed by atoms with Gasteiger partial charge in [0.2, 0.25) is 0 Å². The van der Waals surface area contributed by atoms with Crippen molar-refractivity contribution in [2.45, 2.75) is 33.7 Å². The number of imidazole rings is 1. The summed E-state index contributed by atoms with van der Waals surface area (Å²) in [5.74, 6) is 0. The smallest absolute Gasteiger partial charge is 0.137 e. The molecule has 0 spiro atoms. The van der Waals surface area contributed by atoms with Gasteiger partial charge in [-0.25, -0.2) is 4.98 Å². The number of rotatable bonds is 1. The van der Waals surface area contributed by atoms with Gasteiger partial charge in [0.15, 0.2) is 0 Å². The summed E-state index contributed by atoms with van der Waals surface area (Å²) < 4.78 is 2.07. The predicted octanol–water partition coefficient (Wildman–Crippen LogP) is 2.69. The van der Waals surface area contributed by atoms with Crippen LogP contribution in [0.5, 0.6) is 0 Å². The third-order valence-electron chi connectivity index (χ3n) is 2.95. The molecule has 0 saturated carbocycles. The van der Waals surface area contributed by atoms with Crippen molar-refractivity contribution in [3.63, 3.8) is 0 Å². The zero-order valence-corrected chi connectivity index (χ0v) is 10.4. The molecular formula is C13H19N3. The van der Waals surface area contributed by atoms with Crippen LogP contribution >= 0.6 is 0 Å². The SMILES string of the molecule is Cc1ccn2c(C(N)C(C)(C)C)cnc2c1. The summed E-state index contributed by atoms with van der Waals surface area (Å²) in [6.07, 6.45) is 3.92. The molecule has 0 amide bonds. The third-order valence-corrected chi connectivity index (χ3v) is 2.95. The lowest BCUT2D eigenvalue weighted by atomic mass is 9.86. The summed E-state index contributed by atoms with van der Waals surface area (Å²) in [5.41, 5.74) is 9.56. The molecule has 3 heteroatoms. The summed E-state index contributed by atoms with van der Waals surface area (Å²) >= 11 is 0. The lowest BCUT2D eigenvalue weighted by molar-refractivity contribution is 0.320. The average Bonchev–Trinajstić information content (AvgIpc) is 2.57. The van der Waals surface area contributed by atoms with Gasteiger partial charge < -0.3 is 10.1 Å². The normalized spacial score (nSPS) is 14.3. The monoisotopic (exact) mass is 217 g/mol. The minimum atomic E-state index is -0.00907. The highest BCUT2D eigenvalue weighted by Crippen LogP contribution is 2.30. The molecule has 86 valence electrons. The van der Waals surface area contributed by atoms with Crippen LogP contribution in [0.15, 0.2) is 24.5 Å². The minimum Gasteiger partial charge on any atom is -0.322 e. The molecule has 0 aliphatic heterocycles. The lowest BCUT2D eigenvalue weighted by Gasteiger charge is -2.26. The maximum Gasteiger partial charge on any atom is 0.137 e. The number of nitrogens with zero attached hydrogens (tertiary/aromatic N) is 2. The Hall–Kier alpha value is -1.35. The highest BCUT2D eigenvalue weighted by molar-refractivity contribution is 5.43. The van der Waals surface area contributed by atoms with Crippen molar-refractivity contribution < 1.29 is 0 Å². The van der Waals surface area contributed by atoms with Crippen molar-refractivity contribution in [1.82, 2.24) is 9.38 Å². The van der Waals surface area contributed by atoms with E-state index in [4.69, 9.17) is 5.73 Å². The van der Waals surface area contributed by atoms with Crippen LogP contribution in [0.25, 0.3) is 5.65 Å².